The first-order valence-electron chi connectivity index (χ1n) is 11.0. The molecular weight excluding hydrogens is 386 g/mol. The van der Waals surface area contributed by atoms with E-state index in [1.807, 2.05) is 24.5 Å². The summed E-state index contributed by atoms with van der Waals surface area (Å²) in [4.78, 5) is 11.6. The van der Waals surface area contributed by atoms with Crippen molar-refractivity contribution in [3.05, 3.63) is 77.9 Å². The number of ether oxygens (including phenoxy) is 1. The van der Waals surface area contributed by atoms with Crippen molar-refractivity contribution in [1.29, 1.82) is 0 Å². The van der Waals surface area contributed by atoms with Gasteiger partial charge in [-0.15, -0.1) is 0 Å². The van der Waals surface area contributed by atoms with E-state index >= 15 is 0 Å². The molecule has 5 rings (SSSR count). The van der Waals surface area contributed by atoms with E-state index in [9.17, 15) is 0 Å². The van der Waals surface area contributed by atoms with Crippen molar-refractivity contribution < 1.29 is 4.74 Å². The molecule has 2 aliphatic rings. The predicted octanol–water partition coefficient (Wildman–Crippen LogP) is 3.70. The van der Waals surface area contributed by atoms with Gasteiger partial charge in [-0.2, -0.15) is 0 Å². The van der Waals surface area contributed by atoms with Gasteiger partial charge in [-0.3, -0.25) is 9.97 Å². The van der Waals surface area contributed by atoms with Crippen molar-refractivity contribution in [3.8, 4) is 5.75 Å². The number of rotatable bonds is 7. The van der Waals surface area contributed by atoms with Crippen LogP contribution in [0.3, 0.4) is 0 Å². The number of hydrogen-bond donors (Lipinski definition) is 1. The van der Waals surface area contributed by atoms with Crippen LogP contribution in [0.5, 0.6) is 5.75 Å². The molecule has 1 N–H and O–H groups in total. The number of benzene rings is 1. The van der Waals surface area contributed by atoms with E-state index in [1.165, 1.54) is 12.1 Å². The van der Waals surface area contributed by atoms with Gasteiger partial charge in [0.05, 0.1) is 17.8 Å². The molecule has 0 spiro atoms. The topological polar surface area (TPSA) is 53.5 Å². The number of hydrazine groups is 1. The van der Waals surface area contributed by atoms with E-state index in [1.54, 1.807) is 0 Å². The number of nitrogens with zero attached hydrogens (tertiary/aromatic N) is 4. The monoisotopic (exact) mass is 415 g/mol. The molecule has 2 aromatic heterocycles. The average molecular weight is 416 g/mol. The van der Waals surface area contributed by atoms with Crippen LogP contribution in [0.25, 0.3) is 10.9 Å². The summed E-state index contributed by atoms with van der Waals surface area (Å²) in [5.74, 6) is 0.862. The van der Waals surface area contributed by atoms with Crippen LogP contribution in [0, 0.1) is 0 Å². The van der Waals surface area contributed by atoms with Gasteiger partial charge in [0.1, 0.15) is 11.3 Å². The molecule has 1 saturated heterocycles. The van der Waals surface area contributed by atoms with Crippen LogP contribution >= 0.6 is 0 Å². The van der Waals surface area contributed by atoms with Crippen molar-refractivity contribution >= 4 is 10.9 Å². The third-order valence-corrected chi connectivity index (χ3v) is 6.08. The summed E-state index contributed by atoms with van der Waals surface area (Å²) in [6.45, 7) is 2.73. The molecule has 2 aliphatic heterocycles. The Morgan fingerprint density at radius 3 is 2.87 bits per heavy atom. The maximum atomic E-state index is 5.99. The molecule has 6 heteroatoms. The van der Waals surface area contributed by atoms with Gasteiger partial charge < -0.3 is 14.6 Å². The van der Waals surface area contributed by atoms with E-state index in [0.29, 0.717) is 6.61 Å². The highest BCUT2D eigenvalue weighted by atomic mass is 16.5. The van der Waals surface area contributed by atoms with E-state index < -0.39 is 5.54 Å². The number of pyridine rings is 2. The van der Waals surface area contributed by atoms with Crippen molar-refractivity contribution in [2.45, 2.75) is 24.8 Å². The lowest BCUT2D eigenvalue weighted by molar-refractivity contribution is 0.247. The molecule has 0 radical (unpaired) electrons. The normalized spacial score (nSPS) is 20.4. The zero-order valence-corrected chi connectivity index (χ0v) is 18.2. The molecule has 4 heterocycles. The number of fused-ring (bicyclic) bond motifs is 2. The molecule has 1 aromatic carbocycles. The van der Waals surface area contributed by atoms with E-state index in [2.05, 4.69) is 70.8 Å². The van der Waals surface area contributed by atoms with Crippen LogP contribution in [0.4, 0.5) is 0 Å². The Bertz CT molecular complexity index is 1100. The Morgan fingerprint density at radius 2 is 2.06 bits per heavy atom. The quantitative estimate of drug-likeness (QED) is 0.594. The minimum atomic E-state index is -0.494. The average Bonchev–Trinajstić information content (AvgIpc) is 3.37. The first-order chi connectivity index (χ1) is 15.2. The summed E-state index contributed by atoms with van der Waals surface area (Å²) in [7, 11) is 4.16. The Kier molecular flexibility index (Phi) is 5.34. The van der Waals surface area contributed by atoms with Crippen LogP contribution in [0.15, 0.2) is 66.6 Å². The summed E-state index contributed by atoms with van der Waals surface area (Å²) in [6, 6.07) is 14.5. The molecule has 1 fully saturated rings. The van der Waals surface area contributed by atoms with Crippen LogP contribution in [-0.2, 0) is 5.54 Å². The van der Waals surface area contributed by atoms with Crippen LogP contribution < -0.4 is 10.2 Å². The molecule has 31 heavy (non-hydrogen) atoms. The fourth-order valence-electron chi connectivity index (χ4n) is 4.61. The van der Waals surface area contributed by atoms with Gasteiger partial charge in [-0.25, -0.2) is 5.43 Å². The molecule has 0 amide bonds. The Labute approximate surface area is 183 Å². The molecule has 3 aromatic rings. The van der Waals surface area contributed by atoms with Crippen LogP contribution in [-0.4, -0.2) is 53.7 Å². The van der Waals surface area contributed by atoms with Gasteiger partial charge in [0, 0.05) is 42.6 Å². The van der Waals surface area contributed by atoms with E-state index in [0.717, 1.165) is 53.8 Å². The molecule has 0 bridgehead atoms. The number of aromatic nitrogens is 2. The summed E-state index contributed by atoms with van der Waals surface area (Å²) < 4.78 is 5.99. The smallest absolute Gasteiger partial charge is 0.125 e. The van der Waals surface area contributed by atoms with Crippen LogP contribution in [0.1, 0.15) is 30.5 Å². The zero-order chi connectivity index (χ0) is 21.3. The third-order valence-electron chi connectivity index (χ3n) is 6.08. The van der Waals surface area contributed by atoms with E-state index in [-0.39, 0.29) is 0 Å². The SMILES string of the molecule is CN(C)CCCOc1ccc2c(C3(c4ccccn4)C=C4CCCN4N3)ccnc2c1. The van der Waals surface area contributed by atoms with Gasteiger partial charge in [0.25, 0.3) is 0 Å². The Hall–Kier alpha value is -2.96. The van der Waals surface area contributed by atoms with Crippen molar-refractivity contribution in [2.24, 2.45) is 0 Å². The minimum Gasteiger partial charge on any atom is -0.493 e. The van der Waals surface area contributed by atoms with Crippen LogP contribution in [0.2, 0.25) is 0 Å². The van der Waals surface area contributed by atoms with Crippen molar-refractivity contribution in [1.82, 2.24) is 25.3 Å². The zero-order valence-electron chi connectivity index (χ0n) is 18.2. The summed E-state index contributed by atoms with van der Waals surface area (Å²) in [5.41, 5.74) is 7.72. The summed E-state index contributed by atoms with van der Waals surface area (Å²) >= 11 is 0. The van der Waals surface area contributed by atoms with Gasteiger partial charge in [-0.1, -0.05) is 6.07 Å². The fraction of sp³-hybridized carbons (Fsp3) is 0.360. The predicted molar refractivity (Wildman–Crippen MR) is 123 cm³/mol. The minimum absolute atomic E-state index is 0.494. The van der Waals surface area contributed by atoms with Crippen molar-refractivity contribution in [2.75, 3.05) is 33.8 Å². The highest BCUT2D eigenvalue weighted by Crippen LogP contribution is 2.42. The van der Waals surface area contributed by atoms with Gasteiger partial charge in [-0.05, 0) is 75.3 Å². The molecular formula is C25H29N5O. The maximum absolute atomic E-state index is 5.99. The van der Waals surface area contributed by atoms with Gasteiger partial charge in [0.2, 0.25) is 0 Å². The largest absolute Gasteiger partial charge is 0.493 e. The first kappa shape index (κ1) is 20.0. The maximum Gasteiger partial charge on any atom is 0.125 e. The Balaban J connectivity index is 1.53. The fourth-order valence-corrected chi connectivity index (χ4v) is 4.61. The first-order valence-corrected chi connectivity index (χ1v) is 11.0. The van der Waals surface area contributed by atoms with Gasteiger partial charge >= 0.3 is 0 Å². The van der Waals surface area contributed by atoms with Crippen molar-refractivity contribution in [3.63, 3.8) is 0 Å². The molecule has 0 aliphatic carbocycles. The molecule has 1 atom stereocenters. The van der Waals surface area contributed by atoms with Gasteiger partial charge in [0.15, 0.2) is 0 Å². The lowest BCUT2D eigenvalue weighted by atomic mass is 9.84. The third kappa shape index (κ3) is 3.77. The summed E-state index contributed by atoms with van der Waals surface area (Å²) in [5, 5.41) is 3.39. The lowest BCUT2D eigenvalue weighted by Crippen LogP contribution is -2.45. The lowest BCUT2D eigenvalue weighted by Gasteiger charge is -2.31. The summed E-state index contributed by atoms with van der Waals surface area (Å²) in [6.07, 6.45) is 9.38. The molecule has 160 valence electrons. The molecule has 0 saturated carbocycles. The number of nitrogens with one attached hydrogen (secondary N) is 1. The second-order valence-corrected chi connectivity index (χ2v) is 8.57. The highest BCUT2D eigenvalue weighted by Gasteiger charge is 2.43. The number of hydrogen-bond acceptors (Lipinski definition) is 6. The van der Waals surface area contributed by atoms with E-state index in [4.69, 9.17) is 9.72 Å². The second kappa shape index (κ2) is 8.29. The second-order valence-electron chi connectivity index (χ2n) is 8.57. The molecule has 1 unspecified atom stereocenters. The number of allylic oxidation sites excluding steroid dienone is 1. The highest BCUT2D eigenvalue weighted by molar-refractivity contribution is 5.85. The standard InChI is InChI=1S/C25H29N5O/c1-29(2)14-6-16-31-20-9-10-21-22(11-13-26-23(21)17-20)25(24-8-3-4-12-27-24)18-19-7-5-15-30(19)28-25/h3-4,8-13,17-18,28H,5-7,14-16H2,1-2H3. The molecule has 6 nitrogen and oxygen atoms in total. The Morgan fingerprint density at radius 1 is 1.13 bits per heavy atom.